The van der Waals surface area contributed by atoms with Crippen molar-refractivity contribution in [2.75, 3.05) is 32.6 Å². The average molecular weight is 394 g/mol. The number of para-hydroxylation sites is 2. The molecule has 0 atom stereocenters. The van der Waals surface area contributed by atoms with Gasteiger partial charge in [-0.2, -0.15) is 0 Å². The van der Waals surface area contributed by atoms with Crippen LogP contribution in [0.25, 0.3) is 16.5 Å². The Morgan fingerprint density at radius 3 is 2.75 bits per heavy atom. The van der Waals surface area contributed by atoms with E-state index in [1.54, 1.807) is 14.2 Å². The maximum atomic E-state index is 5.62. The van der Waals surface area contributed by atoms with E-state index < -0.39 is 0 Å². The summed E-state index contributed by atoms with van der Waals surface area (Å²) in [6.07, 6.45) is 5.26. The lowest BCUT2D eigenvalue weighted by atomic mass is 9.99. The summed E-state index contributed by atoms with van der Waals surface area (Å²) in [5, 5.41) is 5.20. The topological polar surface area (TPSA) is 49.5 Å². The number of aromatic nitrogens is 1. The molecule has 1 aromatic heterocycles. The van der Waals surface area contributed by atoms with Gasteiger partial charge >= 0.3 is 0 Å². The maximum Gasteiger partial charge on any atom is 0.173 e. The molecule has 0 saturated heterocycles. The molecule has 0 radical (unpaired) electrons. The van der Waals surface area contributed by atoms with Crippen molar-refractivity contribution in [1.29, 1.82) is 0 Å². The van der Waals surface area contributed by atoms with E-state index in [1.807, 2.05) is 30.3 Å². The van der Waals surface area contributed by atoms with Crippen LogP contribution in [-0.4, -0.2) is 42.3 Å². The van der Waals surface area contributed by atoms with Gasteiger partial charge in [-0.05, 0) is 54.5 Å². The zero-order chi connectivity index (χ0) is 19.5. The molecule has 3 aromatic rings. The van der Waals surface area contributed by atoms with E-state index in [0.29, 0.717) is 5.11 Å². The first-order chi connectivity index (χ1) is 13.7. The van der Waals surface area contributed by atoms with Crippen molar-refractivity contribution >= 4 is 39.5 Å². The number of methoxy groups -OCH3 is 2. The molecule has 0 unspecified atom stereocenters. The van der Waals surface area contributed by atoms with Crippen molar-refractivity contribution in [2.45, 2.75) is 6.42 Å². The number of ether oxygens (including phenoxy) is 2. The Labute approximate surface area is 169 Å². The van der Waals surface area contributed by atoms with Gasteiger partial charge in [-0.1, -0.05) is 18.2 Å². The summed E-state index contributed by atoms with van der Waals surface area (Å²) in [7, 11) is 3.36. The zero-order valence-electron chi connectivity index (χ0n) is 16.0. The minimum absolute atomic E-state index is 0.709. The Morgan fingerprint density at radius 1 is 1.14 bits per heavy atom. The summed E-state index contributed by atoms with van der Waals surface area (Å²) in [5.74, 6) is 1.65. The summed E-state index contributed by atoms with van der Waals surface area (Å²) >= 11 is 5.62. The van der Waals surface area contributed by atoms with Crippen LogP contribution in [0.1, 0.15) is 12.0 Å². The first-order valence-electron chi connectivity index (χ1n) is 9.23. The number of H-pyrrole nitrogens is 1. The van der Waals surface area contributed by atoms with E-state index in [4.69, 9.17) is 21.7 Å². The summed E-state index contributed by atoms with van der Waals surface area (Å²) in [6.45, 7) is 1.64. The number of nitrogens with one attached hydrogen (secondary N) is 2. The van der Waals surface area contributed by atoms with E-state index in [2.05, 4.69) is 39.6 Å². The normalized spacial score (nSPS) is 13.9. The molecule has 0 bridgehead atoms. The number of rotatable bonds is 4. The van der Waals surface area contributed by atoms with Crippen LogP contribution in [0, 0.1) is 0 Å². The molecule has 2 aromatic carbocycles. The number of hydrogen-bond acceptors (Lipinski definition) is 3. The fourth-order valence-corrected chi connectivity index (χ4v) is 3.81. The van der Waals surface area contributed by atoms with Crippen LogP contribution in [0.15, 0.2) is 54.7 Å². The second-order valence-electron chi connectivity index (χ2n) is 6.67. The Hall–Kier alpha value is -2.99. The van der Waals surface area contributed by atoms with Crippen LogP contribution in [0.3, 0.4) is 0 Å². The SMILES string of the molecule is COc1ccc2[nH]cc(C3=CCN(C(=S)Nc4ccccc4OC)CC3)c2c1. The van der Waals surface area contributed by atoms with Crippen LogP contribution in [0.5, 0.6) is 11.5 Å². The second-order valence-corrected chi connectivity index (χ2v) is 7.06. The molecule has 0 aliphatic carbocycles. The molecular formula is C22H23N3O2S. The molecule has 0 fully saturated rings. The molecule has 1 aliphatic heterocycles. The van der Waals surface area contributed by atoms with Crippen LogP contribution in [-0.2, 0) is 0 Å². The summed E-state index contributed by atoms with van der Waals surface area (Å²) in [4.78, 5) is 5.52. The quantitative estimate of drug-likeness (QED) is 0.631. The van der Waals surface area contributed by atoms with Gasteiger partial charge in [0.25, 0.3) is 0 Å². The Kier molecular flexibility index (Phi) is 5.21. The Balaban J connectivity index is 1.49. The third kappa shape index (κ3) is 3.55. The number of fused-ring (bicyclic) bond motifs is 1. The highest BCUT2D eigenvalue weighted by molar-refractivity contribution is 7.80. The lowest BCUT2D eigenvalue weighted by molar-refractivity contribution is 0.415. The summed E-state index contributed by atoms with van der Waals surface area (Å²) < 4.78 is 10.8. The number of anilines is 1. The third-order valence-corrected chi connectivity index (χ3v) is 5.44. The molecule has 0 amide bonds. The van der Waals surface area contributed by atoms with Crippen LogP contribution in [0.2, 0.25) is 0 Å². The van der Waals surface area contributed by atoms with Gasteiger partial charge in [0.15, 0.2) is 5.11 Å². The summed E-state index contributed by atoms with van der Waals surface area (Å²) in [6, 6.07) is 13.9. The fraction of sp³-hybridized carbons (Fsp3) is 0.227. The monoisotopic (exact) mass is 393 g/mol. The van der Waals surface area contributed by atoms with Gasteiger partial charge in [0.1, 0.15) is 11.5 Å². The maximum absolute atomic E-state index is 5.62. The molecule has 6 heteroatoms. The van der Waals surface area contributed by atoms with Crippen LogP contribution >= 0.6 is 12.2 Å². The Bertz CT molecular complexity index is 1040. The largest absolute Gasteiger partial charge is 0.497 e. The molecular weight excluding hydrogens is 370 g/mol. The van der Waals surface area contributed by atoms with E-state index in [0.717, 1.165) is 42.2 Å². The fourth-order valence-electron chi connectivity index (χ4n) is 3.53. The van der Waals surface area contributed by atoms with Crippen molar-refractivity contribution in [3.63, 3.8) is 0 Å². The molecule has 2 N–H and O–H groups in total. The molecule has 2 heterocycles. The van der Waals surface area contributed by atoms with Crippen molar-refractivity contribution in [2.24, 2.45) is 0 Å². The van der Waals surface area contributed by atoms with Gasteiger partial charge < -0.3 is 24.7 Å². The molecule has 0 saturated carbocycles. The summed E-state index contributed by atoms with van der Waals surface area (Å²) in [5.41, 5.74) is 4.56. The van der Waals surface area contributed by atoms with Gasteiger partial charge in [0.2, 0.25) is 0 Å². The van der Waals surface area contributed by atoms with Crippen LogP contribution in [0.4, 0.5) is 5.69 Å². The lowest BCUT2D eigenvalue weighted by Gasteiger charge is -2.29. The van der Waals surface area contributed by atoms with Gasteiger partial charge in [-0.15, -0.1) is 0 Å². The zero-order valence-corrected chi connectivity index (χ0v) is 16.8. The number of nitrogens with zero attached hydrogens (tertiary/aromatic N) is 1. The van der Waals surface area contributed by atoms with Gasteiger partial charge in [0, 0.05) is 35.8 Å². The van der Waals surface area contributed by atoms with E-state index >= 15 is 0 Å². The Morgan fingerprint density at radius 2 is 2.00 bits per heavy atom. The van der Waals surface area contributed by atoms with E-state index in [-0.39, 0.29) is 0 Å². The number of thiocarbonyl (C=S) groups is 1. The minimum atomic E-state index is 0.709. The van der Waals surface area contributed by atoms with Crippen molar-refractivity contribution in [1.82, 2.24) is 9.88 Å². The van der Waals surface area contributed by atoms with Gasteiger partial charge in [-0.25, -0.2) is 0 Å². The minimum Gasteiger partial charge on any atom is -0.497 e. The second kappa shape index (κ2) is 7.94. The van der Waals surface area contributed by atoms with E-state index in [1.165, 1.54) is 16.5 Å². The molecule has 5 nitrogen and oxygen atoms in total. The number of aromatic amines is 1. The van der Waals surface area contributed by atoms with Gasteiger partial charge in [0.05, 0.1) is 19.9 Å². The van der Waals surface area contributed by atoms with Crippen molar-refractivity contribution in [3.8, 4) is 11.5 Å². The highest BCUT2D eigenvalue weighted by atomic mass is 32.1. The highest BCUT2D eigenvalue weighted by Crippen LogP contribution is 2.32. The molecule has 1 aliphatic rings. The molecule has 4 rings (SSSR count). The lowest BCUT2D eigenvalue weighted by Crippen LogP contribution is -2.37. The van der Waals surface area contributed by atoms with Gasteiger partial charge in [-0.3, -0.25) is 0 Å². The van der Waals surface area contributed by atoms with Crippen molar-refractivity contribution in [3.05, 3.63) is 60.3 Å². The standard InChI is InChI=1S/C22H23N3O2S/c1-26-16-7-8-19-17(13-16)18(14-23-19)15-9-11-25(12-10-15)22(28)24-20-5-3-4-6-21(20)27-2/h3-9,13-14,23H,10-12H2,1-2H3,(H,24,28). The molecule has 28 heavy (non-hydrogen) atoms. The highest BCUT2D eigenvalue weighted by Gasteiger charge is 2.18. The average Bonchev–Trinajstić information content (AvgIpc) is 3.17. The first kappa shape index (κ1) is 18.4. The predicted octanol–water partition coefficient (Wildman–Crippen LogP) is 4.67. The molecule has 0 spiro atoms. The first-order valence-corrected chi connectivity index (χ1v) is 9.64. The smallest absolute Gasteiger partial charge is 0.173 e. The predicted molar refractivity (Wildman–Crippen MR) is 118 cm³/mol. The molecule has 144 valence electrons. The number of benzene rings is 2. The third-order valence-electron chi connectivity index (χ3n) is 5.08. The van der Waals surface area contributed by atoms with Crippen molar-refractivity contribution < 1.29 is 9.47 Å². The van der Waals surface area contributed by atoms with Crippen LogP contribution < -0.4 is 14.8 Å². The van der Waals surface area contributed by atoms with E-state index in [9.17, 15) is 0 Å². The number of hydrogen-bond donors (Lipinski definition) is 2.